The second-order valence-corrected chi connectivity index (χ2v) is 9.13. The van der Waals surface area contributed by atoms with Gasteiger partial charge in [0.25, 0.3) is 6.43 Å². The molecule has 0 atom stereocenters. The van der Waals surface area contributed by atoms with Crippen LogP contribution in [-0.2, 0) is 16.6 Å². The maximum atomic E-state index is 14.3. The summed E-state index contributed by atoms with van der Waals surface area (Å²) in [6, 6.07) is 21.4. The highest BCUT2D eigenvalue weighted by Crippen LogP contribution is 2.40. The molecule has 3 aromatic carbocycles. The molecule has 0 aliphatic carbocycles. The van der Waals surface area contributed by atoms with Crippen LogP contribution in [0.4, 0.5) is 8.78 Å². The summed E-state index contributed by atoms with van der Waals surface area (Å²) < 4.78 is 53.1. The van der Waals surface area contributed by atoms with E-state index >= 15 is 0 Å². The van der Waals surface area contributed by atoms with E-state index in [9.17, 15) is 17.2 Å². The highest BCUT2D eigenvalue weighted by molar-refractivity contribution is 7.89. The number of hydrogen-bond acceptors (Lipinski definition) is 3. The number of benzene rings is 3. The van der Waals surface area contributed by atoms with Crippen LogP contribution in [-0.4, -0.2) is 18.2 Å². The Morgan fingerprint density at radius 1 is 0.906 bits per heavy atom. The smallest absolute Gasteiger partial charge is 0.258 e. The third-order valence-electron chi connectivity index (χ3n) is 4.96. The largest absolute Gasteiger partial charge is 0.280 e. The van der Waals surface area contributed by atoms with E-state index in [1.54, 1.807) is 24.3 Å². The summed E-state index contributed by atoms with van der Waals surface area (Å²) in [5, 5.41) is 10.2. The van der Waals surface area contributed by atoms with E-state index in [0.29, 0.717) is 21.8 Å². The molecule has 0 unspecified atom stereocenters. The maximum Gasteiger partial charge on any atom is 0.280 e. The van der Waals surface area contributed by atoms with E-state index < -0.39 is 16.4 Å². The highest BCUT2D eigenvalue weighted by Gasteiger charge is 2.27. The summed E-state index contributed by atoms with van der Waals surface area (Å²) in [6.07, 6.45) is -2.80. The summed E-state index contributed by atoms with van der Waals surface area (Å²) in [7, 11) is -3.89. The van der Waals surface area contributed by atoms with Crippen LogP contribution in [0.25, 0.3) is 22.4 Å². The molecule has 0 radical (unpaired) electrons. The quantitative estimate of drug-likeness (QED) is 0.401. The number of primary sulfonamides is 1. The van der Waals surface area contributed by atoms with Gasteiger partial charge in [-0.15, -0.1) is 0 Å². The Bertz CT molecular complexity index is 1340. The first-order valence-electron chi connectivity index (χ1n) is 9.56. The average Bonchev–Trinajstić information content (AvgIpc) is 3.14. The number of nitrogens with two attached hydrogens (primary N) is 1. The standard InChI is InChI=1S/C23H18ClF2N3O2S/c24-18-10-6-16(7-11-18)20-21(17-8-12-19(13-9-17)32(27,30)31)28-29(22(20)23(25)26)14-15-4-2-1-3-5-15/h1-13,23H,14H2,(H2,27,30,31). The number of nitrogens with zero attached hydrogens (tertiary/aromatic N) is 2. The van der Waals surface area contributed by atoms with Gasteiger partial charge < -0.3 is 0 Å². The molecule has 164 valence electrons. The Kier molecular flexibility index (Phi) is 6.10. The molecule has 0 amide bonds. The van der Waals surface area contributed by atoms with Gasteiger partial charge in [-0.2, -0.15) is 5.10 Å². The SMILES string of the molecule is NS(=O)(=O)c1ccc(-c2nn(Cc3ccccc3)c(C(F)F)c2-c2ccc(Cl)cc2)cc1. The number of hydrogen-bond donors (Lipinski definition) is 1. The van der Waals surface area contributed by atoms with Gasteiger partial charge >= 0.3 is 0 Å². The molecule has 1 aromatic heterocycles. The Balaban J connectivity index is 1.93. The molecule has 9 heteroatoms. The van der Waals surface area contributed by atoms with Crippen molar-refractivity contribution in [1.82, 2.24) is 9.78 Å². The molecular formula is C23H18ClF2N3O2S. The van der Waals surface area contributed by atoms with Gasteiger partial charge in [0.05, 0.1) is 11.4 Å². The lowest BCUT2D eigenvalue weighted by Crippen LogP contribution is -2.11. The lowest BCUT2D eigenvalue weighted by atomic mass is 9.99. The Morgan fingerprint density at radius 3 is 2.06 bits per heavy atom. The minimum Gasteiger partial charge on any atom is -0.258 e. The zero-order chi connectivity index (χ0) is 22.9. The molecule has 4 aromatic rings. The van der Waals surface area contributed by atoms with E-state index in [2.05, 4.69) is 5.10 Å². The highest BCUT2D eigenvalue weighted by atomic mass is 35.5. The van der Waals surface area contributed by atoms with Crippen LogP contribution in [0.15, 0.2) is 83.8 Å². The summed E-state index contributed by atoms with van der Waals surface area (Å²) in [6.45, 7) is 0.149. The zero-order valence-corrected chi connectivity index (χ0v) is 18.2. The topological polar surface area (TPSA) is 78.0 Å². The van der Waals surface area contributed by atoms with Gasteiger partial charge in [-0.05, 0) is 35.4 Å². The third kappa shape index (κ3) is 4.57. The molecular weight excluding hydrogens is 456 g/mol. The van der Waals surface area contributed by atoms with Crippen molar-refractivity contribution in [2.45, 2.75) is 17.9 Å². The lowest BCUT2D eigenvalue weighted by Gasteiger charge is -2.10. The molecule has 0 bridgehead atoms. The van der Waals surface area contributed by atoms with Crippen LogP contribution in [0.1, 0.15) is 17.7 Å². The van der Waals surface area contributed by atoms with E-state index in [1.807, 2.05) is 30.3 Å². The molecule has 0 fully saturated rings. The summed E-state index contributed by atoms with van der Waals surface area (Å²) in [5.74, 6) is 0. The van der Waals surface area contributed by atoms with Crippen molar-refractivity contribution in [3.8, 4) is 22.4 Å². The maximum absolute atomic E-state index is 14.3. The number of rotatable bonds is 6. The molecule has 0 saturated carbocycles. The third-order valence-corrected chi connectivity index (χ3v) is 6.14. The zero-order valence-electron chi connectivity index (χ0n) is 16.6. The van der Waals surface area contributed by atoms with Gasteiger partial charge in [0, 0.05) is 16.1 Å². The number of alkyl halides is 2. The van der Waals surface area contributed by atoms with Crippen molar-refractivity contribution >= 4 is 21.6 Å². The van der Waals surface area contributed by atoms with Crippen LogP contribution in [0.2, 0.25) is 5.02 Å². The monoisotopic (exact) mass is 473 g/mol. The Hall–Kier alpha value is -3.07. The number of sulfonamides is 1. The van der Waals surface area contributed by atoms with Gasteiger partial charge in [0.2, 0.25) is 10.0 Å². The van der Waals surface area contributed by atoms with Crippen LogP contribution in [0.5, 0.6) is 0 Å². The molecule has 2 N–H and O–H groups in total. The van der Waals surface area contributed by atoms with Crippen molar-refractivity contribution in [3.05, 3.63) is 95.1 Å². The first-order valence-corrected chi connectivity index (χ1v) is 11.5. The van der Waals surface area contributed by atoms with Crippen molar-refractivity contribution in [3.63, 3.8) is 0 Å². The van der Waals surface area contributed by atoms with Crippen LogP contribution in [0, 0.1) is 0 Å². The second-order valence-electron chi connectivity index (χ2n) is 7.13. The van der Waals surface area contributed by atoms with Crippen molar-refractivity contribution in [2.24, 2.45) is 5.14 Å². The van der Waals surface area contributed by atoms with Crippen LogP contribution < -0.4 is 5.14 Å². The summed E-state index contributed by atoms with van der Waals surface area (Å²) in [4.78, 5) is -0.0768. The molecule has 0 saturated heterocycles. The lowest BCUT2D eigenvalue weighted by molar-refractivity contribution is 0.140. The molecule has 0 aliphatic rings. The summed E-state index contributed by atoms with van der Waals surface area (Å²) >= 11 is 5.99. The van der Waals surface area contributed by atoms with E-state index in [-0.39, 0.29) is 22.7 Å². The first kappa shape index (κ1) is 22.1. The Labute approximate surface area is 189 Å². The molecule has 1 heterocycles. The Morgan fingerprint density at radius 2 is 1.50 bits per heavy atom. The average molecular weight is 474 g/mol. The molecule has 32 heavy (non-hydrogen) atoms. The van der Waals surface area contributed by atoms with Gasteiger partial charge in [0.15, 0.2) is 0 Å². The summed E-state index contributed by atoms with van der Waals surface area (Å²) in [5.41, 5.74) is 2.15. The molecule has 0 aliphatic heterocycles. The van der Waals surface area contributed by atoms with Crippen LogP contribution in [0.3, 0.4) is 0 Å². The minimum absolute atomic E-state index is 0.0768. The number of aromatic nitrogens is 2. The fraction of sp³-hybridized carbons (Fsp3) is 0.0870. The van der Waals surface area contributed by atoms with Gasteiger partial charge in [0.1, 0.15) is 11.4 Å². The fourth-order valence-electron chi connectivity index (χ4n) is 3.48. The molecule has 5 nitrogen and oxygen atoms in total. The van der Waals surface area contributed by atoms with Gasteiger partial charge in [-0.25, -0.2) is 22.3 Å². The van der Waals surface area contributed by atoms with Gasteiger partial charge in [-0.1, -0.05) is 66.2 Å². The predicted octanol–water partition coefficient (Wildman–Crippen LogP) is 5.50. The fourth-order valence-corrected chi connectivity index (χ4v) is 4.12. The molecule has 0 spiro atoms. The molecule has 4 rings (SSSR count). The van der Waals surface area contributed by atoms with E-state index in [4.69, 9.17) is 16.7 Å². The number of halogens is 3. The van der Waals surface area contributed by atoms with Gasteiger partial charge in [-0.3, -0.25) is 4.68 Å². The predicted molar refractivity (Wildman–Crippen MR) is 120 cm³/mol. The van der Waals surface area contributed by atoms with E-state index in [0.717, 1.165) is 5.56 Å². The normalized spacial score (nSPS) is 11.8. The van der Waals surface area contributed by atoms with Crippen LogP contribution >= 0.6 is 11.6 Å². The second kappa shape index (κ2) is 8.82. The minimum atomic E-state index is -3.89. The van der Waals surface area contributed by atoms with Crippen molar-refractivity contribution in [2.75, 3.05) is 0 Å². The van der Waals surface area contributed by atoms with E-state index in [1.165, 1.54) is 28.9 Å². The first-order chi connectivity index (χ1) is 15.2. The van der Waals surface area contributed by atoms with Crippen molar-refractivity contribution < 1.29 is 17.2 Å². The van der Waals surface area contributed by atoms with Crippen molar-refractivity contribution in [1.29, 1.82) is 0 Å².